The number of aryl methyl sites for hydroxylation is 1. The number of ether oxygens (including phenoxy) is 1. The van der Waals surface area contributed by atoms with E-state index >= 15 is 0 Å². The molecule has 0 aliphatic heterocycles. The lowest BCUT2D eigenvalue weighted by Gasteiger charge is -2.08. The van der Waals surface area contributed by atoms with Crippen LogP contribution >= 0.6 is 11.8 Å². The summed E-state index contributed by atoms with van der Waals surface area (Å²) in [6.45, 7) is 6.22. The van der Waals surface area contributed by atoms with Gasteiger partial charge in [-0.15, -0.1) is 16.8 Å². The van der Waals surface area contributed by atoms with Crippen molar-refractivity contribution in [1.29, 1.82) is 0 Å². The Bertz CT molecular complexity index is 907. The molecule has 0 bridgehead atoms. The summed E-state index contributed by atoms with van der Waals surface area (Å²) in [5.74, 6) is 2.41. The van der Waals surface area contributed by atoms with Gasteiger partial charge < -0.3 is 14.6 Å². The summed E-state index contributed by atoms with van der Waals surface area (Å²) in [4.78, 5) is 12.2. The van der Waals surface area contributed by atoms with Crippen LogP contribution in [0, 0.1) is 6.92 Å². The molecule has 1 N–H and O–H groups in total. The van der Waals surface area contributed by atoms with Crippen molar-refractivity contribution in [2.45, 2.75) is 18.6 Å². The summed E-state index contributed by atoms with van der Waals surface area (Å²) in [6, 6.07) is 16.8. The highest BCUT2D eigenvalue weighted by Gasteiger charge is 2.11. The molecule has 0 spiro atoms. The topological polar surface area (TPSA) is 69.0 Å². The van der Waals surface area contributed by atoms with Gasteiger partial charge in [0.05, 0.1) is 5.75 Å². The summed E-state index contributed by atoms with van der Waals surface area (Å²) >= 11 is 1.34. The van der Waals surface area contributed by atoms with E-state index in [0.29, 0.717) is 23.1 Å². The van der Waals surface area contributed by atoms with Crippen LogP contribution in [0.1, 0.15) is 5.82 Å². The van der Waals surface area contributed by atoms with E-state index in [1.54, 1.807) is 6.08 Å². The van der Waals surface area contributed by atoms with Gasteiger partial charge in [-0.05, 0) is 43.3 Å². The normalized spacial score (nSPS) is 10.4. The first-order chi connectivity index (χ1) is 13.2. The molecule has 0 saturated carbocycles. The second-order valence-electron chi connectivity index (χ2n) is 5.71. The molecular formula is C20H20N4O2S. The lowest BCUT2D eigenvalue weighted by Crippen LogP contribution is -2.14. The number of para-hydroxylation sites is 1. The molecule has 6 nitrogen and oxygen atoms in total. The SMILES string of the molecule is C=CCn1c(C)nnc1SCC(=O)Nc1ccc(Oc2ccccc2)cc1. The molecule has 2 aromatic carbocycles. The van der Waals surface area contributed by atoms with E-state index < -0.39 is 0 Å². The van der Waals surface area contributed by atoms with Gasteiger partial charge in [-0.25, -0.2) is 0 Å². The summed E-state index contributed by atoms with van der Waals surface area (Å²) < 4.78 is 7.66. The third-order valence-corrected chi connectivity index (χ3v) is 4.63. The molecule has 3 aromatic rings. The van der Waals surface area contributed by atoms with Crippen molar-refractivity contribution in [3.63, 3.8) is 0 Å². The summed E-state index contributed by atoms with van der Waals surface area (Å²) in [5.41, 5.74) is 0.713. The van der Waals surface area contributed by atoms with Gasteiger partial charge in [0, 0.05) is 12.2 Å². The van der Waals surface area contributed by atoms with Crippen LogP contribution in [0.15, 0.2) is 72.4 Å². The average Bonchev–Trinajstić information content (AvgIpc) is 3.03. The average molecular weight is 380 g/mol. The van der Waals surface area contributed by atoms with E-state index in [2.05, 4.69) is 22.1 Å². The van der Waals surface area contributed by atoms with Crippen molar-refractivity contribution in [3.8, 4) is 11.5 Å². The minimum Gasteiger partial charge on any atom is -0.457 e. The third-order valence-electron chi connectivity index (χ3n) is 3.66. The van der Waals surface area contributed by atoms with Gasteiger partial charge in [0.2, 0.25) is 5.91 Å². The molecule has 0 atom stereocenters. The van der Waals surface area contributed by atoms with E-state index in [4.69, 9.17) is 4.74 Å². The molecule has 0 radical (unpaired) electrons. The van der Waals surface area contributed by atoms with Crippen LogP contribution in [0.2, 0.25) is 0 Å². The van der Waals surface area contributed by atoms with Gasteiger partial charge in [-0.3, -0.25) is 4.79 Å². The third kappa shape index (κ3) is 5.21. The molecular weight excluding hydrogens is 360 g/mol. The molecule has 27 heavy (non-hydrogen) atoms. The van der Waals surface area contributed by atoms with E-state index in [-0.39, 0.29) is 11.7 Å². The number of aromatic nitrogens is 3. The molecule has 1 aromatic heterocycles. The fraction of sp³-hybridized carbons (Fsp3) is 0.150. The number of thioether (sulfide) groups is 1. The van der Waals surface area contributed by atoms with Crippen molar-refractivity contribution in [2.24, 2.45) is 0 Å². The lowest BCUT2D eigenvalue weighted by atomic mass is 10.3. The number of nitrogens with zero attached hydrogens (tertiary/aromatic N) is 3. The number of hydrogen-bond donors (Lipinski definition) is 1. The fourth-order valence-corrected chi connectivity index (χ4v) is 3.16. The molecule has 138 valence electrons. The van der Waals surface area contributed by atoms with Gasteiger partial charge in [0.1, 0.15) is 17.3 Å². The second-order valence-corrected chi connectivity index (χ2v) is 6.65. The second kappa shape index (κ2) is 9.05. The predicted molar refractivity (Wildman–Crippen MR) is 107 cm³/mol. The van der Waals surface area contributed by atoms with Crippen molar-refractivity contribution >= 4 is 23.4 Å². The fourth-order valence-electron chi connectivity index (χ4n) is 2.37. The maximum atomic E-state index is 12.2. The van der Waals surface area contributed by atoms with Crippen LogP contribution in [0.3, 0.4) is 0 Å². The number of rotatable bonds is 8. The number of hydrogen-bond acceptors (Lipinski definition) is 5. The van der Waals surface area contributed by atoms with Crippen LogP contribution in [0.25, 0.3) is 0 Å². The smallest absolute Gasteiger partial charge is 0.234 e. The first-order valence-corrected chi connectivity index (χ1v) is 9.40. The number of anilines is 1. The molecule has 0 saturated heterocycles. The standard InChI is InChI=1S/C20H20N4O2S/c1-3-13-24-15(2)22-23-20(24)27-14-19(25)21-16-9-11-18(12-10-16)26-17-7-5-4-6-8-17/h3-12H,1,13-14H2,2H3,(H,21,25). The van der Waals surface area contributed by atoms with E-state index in [9.17, 15) is 4.79 Å². The van der Waals surface area contributed by atoms with Crippen LogP contribution in [0.4, 0.5) is 5.69 Å². The Balaban J connectivity index is 1.53. The molecule has 1 amide bonds. The van der Waals surface area contributed by atoms with Gasteiger partial charge >= 0.3 is 0 Å². The van der Waals surface area contributed by atoms with Crippen molar-refractivity contribution in [2.75, 3.05) is 11.1 Å². The van der Waals surface area contributed by atoms with Gasteiger partial charge in [-0.2, -0.15) is 0 Å². The Kier molecular flexibility index (Phi) is 6.27. The minimum absolute atomic E-state index is 0.109. The first-order valence-electron chi connectivity index (χ1n) is 8.42. The highest BCUT2D eigenvalue weighted by molar-refractivity contribution is 7.99. The van der Waals surface area contributed by atoms with Gasteiger partial charge in [0.25, 0.3) is 0 Å². The number of benzene rings is 2. The van der Waals surface area contributed by atoms with Gasteiger partial charge in [0.15, 0.2) is 5.16 Å². The Labute approximate surface area is 162 Å². The van der Waals surface area contributed by atoms with Crippen LogP contribution in [-0.4, -0.2) is 26.4 Å². The number of amides is 1. The Morgan fingerprint density at radius 3 is 2.56 bits per heavy atom. The van der Waals surface area contributed by atoms with E-state index in [0.717, 1.165) is 11.6 Å². The molecule has 0 aliphatic rings. The maximum Gasteiger partial charge on any atom is 0.234 e. The zero-order valence-electron chi connectivity index (χ0n) is 15.0. The van der Waals surface area contributed by atoms with Crippen LogP contribution < -0.4 is 10.1 Å². The Morgan fingerprint density at radius 1 is 1.15 bits per heavy atom. The molecule has 3 rings (SSSR count). The van der Waals surface area contributed by atoms with E-state index in [1.807, 2.05) is 66.1 Å². The molecule has 0 fully saturated rings. The number of carbonyl (C=O) groups excluding carboxylic acids is 1. The van der Waals surface area contributed by atoms with Crippen LogP contribution in [-0.2, 0) is 11.3 Å². The largest absolute Gasteiger partial charge is 0.457 e. The number of allylic oxidation sites excluding steroid dienone is 1. The minimum atomic E-state index is -0.109. The molecule has 1 heterocycles. The molecule has 7 heteroatoms. The zero-order valence-corrected chi connectivity index (χ0v) is 15.8. The Morgan fingerprint density at radius 2 is 1.85 bits per heavy atom. The van der Waals surface area contributed by atoms with E-state index in [1.165, 1.54) is 11.8 Å². The van der Waals surface area contributed by atoms with Gasteiger partial charge in [-0.1, -0.05) is 36.0 Å². The van der Waals surface area contributed by atoms with Crippen LogP contribution in [0.5, 0.6) is 11.5 Å². The number of carbonyl (C=O) groups is 1. The molecule has 0 unspecified atom stereocenters. The number of nitrogens with one attached hydrogen (secondary N) is 1. The van der Waals surface area contributed by atoms with Crippen molar-refractivity contribution < 1.29 is 9.53 Å². The zero-order chi connectivity index (χ0) is 19.1. The monoisotopic (exact) mass is 380 g/mol. The molecule has 0 aliphatic carbocycles. The Hall–Kier alpha value is -3.06. The quantitative estimate of drug-likeness (QED) is 0.466. The summed E-state index contributed by atoms with van der Waals surface area (Å²) in [5, 5.41) is 11.7. The summed E-state index contributed by atoms with van der Waals surface area (Å²) in [7, 11) is 0. The van der Waals surface area contributed by atoms with Crippen molar-refractivity contribution in [3.05, 3.63) is 73.1 Å². The predicted octanol–water partition coefficient (Wildman–Crippen LogP) is 4.30. The highest BCUT2D eigenvalue weighted by atomic mass is 32.2. The highest BCUT2D eigenvalue weighted by Crippen LogP contribution is 2.23. The first kappa shape index (κ1) is 18.7. The maximum absolute atomic E-state index is 12.2. The lowest BCUT2D eigenvalue weighted by molar-refractivity contribution is -0.113. The van der Waals surface area contributed by atoms with Crippen molar-refractivity contribution in [1.82, 2.24) is 14.8 Å². The summed E-state index contributed by atoms with van der Waals surface area (Å²) in [6.07, 6.45) is 1.78.